The zero-order valence-electron chi connectivity index (χ0n) is 10.1. The predicted octanol–water partition coefficient (Wildman–Crippen LogP) is 3.76. The maximum Gasteiger partial charge on any atom is 0.0835 e. The van der Waals surface area contributed by atoms with Gasteiger partial charge in [-0.05, 0) is 64.1 Å². The molecular weight excluding hydrogens is 240 g/mol. The van der Waals surface area contributed by atoms with Gasteiger partial charge in [-0.1, -0.05) is 24.3 Å². The Balaban J connectivity index is 1.65. The summed E-state index contributed by atoms with van der Waals surface area (Å²) in [6.45, 7) is 0. The molecule has 2 aromatic rings. The number of benzene rings is 1. The first-order valence-electron chi connectivity index (χ1n) is 6.64. The highest BCUT2D eigenvalue weighted by Gasteiger charge is 2.56. The molecule has 4 unspecified atom stereocenters. The summed E-state index contributed by atoms with van der Waals surface area (Å²) in [5.74, 6) is 1.75. The van der Waals surface area contributed by atoms with Gasteiger partial charge in [0.25, 0.3) is 0 Å². The summed E-state index contributed by atoms with van der Waals surface area (Å²) in [5.41, 5.74) is 4.10. The molecule has 0 aliphatic heterocycles. The predicted molar refractivity (Wildman–Crippen MR) is 73.8 cm³/mol. The lowest BCUT2D eigenvalue weighted by Crippen LogP contribution is -2.00. The molecule has 0 amide bonds. The molecule has 1 nitrogen and oxygen atoms in total. The second-order valence-corrected chi connectivity index (χ2v) is 6.29. The number of hydrogen-bond donors (Lipinski definition) is 1. The van der Waals surface area contributed by atoms with Gasteiger partial charge in [0.2, 0.25) is 0 Å². The fourth-order valence-corrected chi connectivity index (χ4v) is 4.41. The maximum atomic E-state index is 10.5. The second-order valence-electron chi connectivity index (χ2n) is 5.51. The molecule has 0 spiro atoms. The minimum absolute atomic E-state index is 0.266. The third kappa shape index (κ3) is 1.49. The average molecular weight is 256 g/mol. The van der Waals surface area contributed by atoms with Crippen LogP contribution in [0.2, 0.25) is 0 Å². The third-order valence-electron chi connectivity index (χ3n) is 4.64. The number of rotatable bonds is 2. The van der Waals surface area contributed by atoms with Crippen LogP contribution in [-0.4, -0.2) is 5.11 Å². The lowest BCUT2D eigenvalue weighted by molar-refractivity contribution is 0.145. The van der Waals surface area contributed by atoms with E-state index in [2.05, 4.69) is 41.1 Å². The van der Waals surface area contributed by atoms with E-state index < -0.39 is 0 Å². The van der Waals surface area contributed by atoms with Crippen molar-refractivity contribution in [2.45, 2.75) is 24.9 Å². The van der Waals surface area contributed by atoms with Crippen LogP contribution in [0.5, 0.6) is 0 Å². The van der Waals surface area contributed by atoms with E-state index in [-0.39, 0.29) is 6.10 Å². The first-order chi connectivity index (χ1) is 8.86. The van der Waals surface area contributed by atoms with E-state index in [1.54, 1.807) is 11.3 Å². The van der Waals surface area contributed by atoms with Gasteiger partial charge in [0.05, 0.1) is 6.10 Å². The summed E-state index contributed by atoms with van der Waals surface area (Å²) in [6.07, 6.45) is 2.16. The van der Waals surface area contributed by atoms with Crippen LogP contribution in [0.3, 0.4) is 0 Å². The summed E-state index contributed by atoms with van der Waals surface area (Å²) < 4.78 is 0. The number of aryl methyl sites for hydroxylation is 1. The Bertz CT molecular complexity index is 560. The molecule has 4 atom stereocenters. The van der Waals surface area contributed by atoms with Crippen molar-refractivity contribution < 1.29 is 5.11 Å². The molecule has 4 rings (SSSR count). The molecule has 1 heterocycles. The minimum atomic E-state index is -0.266. The highest BCUT2D eigenvalue weighted by atomic mass is 32.1. The molecule has 1 N–H and O–H groups in total. The summed E-state index contributed by atoms with van der Waals surface area (Å²) in [4.78, 5) is 0. The van der Waals surface area contributed by atoms with Gasteiger partial charge in [-0.15, -0.1) is 0 Å². The van der Waals surface area contributed by atoms with E-state index in [0.717, 1.165) is 5.56 Å². The third-order valence-corrected chi connectivity index (χ3v) is 5.34. The van der Waals surface area contributed by atoms with Crippen molar-refractivity contribution in [3.8, 4) is 0 Å². The van der Waals surface area contributed by atoms with Gasteiger partial charge in [0.1, 0.15) is 0 Å². The Morgan fingerprint density at radius 1 is 1.22 bits per heavy atom. The average Bonchev–Trinajstić information content (AvgIpc) is 2.89. The van der Waals surface area contributed by atoms with Crippen molar-refractivity contribution >= 4 is 11.3 Å². The summed E-state index contributed by atoms with van der Waals surface area (Å²) in [6, 6.07) is 10.8. The summed E-state index contributed by atoms with van der Waals surface area (Å²) >= 11 is 1.67. The van der Waals surface area contributed by atoms with Crippen LogP contribution in [-0.2, 0) is 6.42 Å². The zero-order chi connectivity index (χ0) is 12.1. The fourth-order valence-electron chi connectivity index (χ4n) is 3.72. The Hall–Kier alpha value is -1.12. The van der Waals surface area contributed by atoms with Gasteiger partial charge < -0.3 is 5.11 Å². The summed E-state index contributed by atoms with van der Waals surface area (Å²) in [7, 11) is 0. The van der Waals surface area contributed by atoms with E-state index in [1.807, 2.05) is 0 Å². The van der Waals surface area contributed by atoms with Crippen molar-refractivity contribution in [3.63, 3.8) is 0 Å². The molecule has 18 heavy (non-hydrogen) atoms. The number of hydrogen-bond acceptors (Lipinski definition) is 2. The molecule has 1 aromatic carbocycles. The second kappa shape index (κ2) is 3.94. The molecule has 0 bridgehead atoms. The number of aliphatic hydroxyl groups excluding tert-OH is 1. The standard InChI is InChI=1S/C16H16OS/c17-16(11-7-8-18-9-11)15-13-6-5-10-3-1-2-4-12(10)14(13)15/h1-4,7-9,13-17H,5-6H2. The fraction of sp³-hybridized carbons (Fsp3) is 0.375. The van der Waals surface area contributed by atoms with Crippen LogP contribution in [0.25, 0.3) is 0 Å². The Morgan fingerprint density at radius 2 is 2.11 bits per heavy atom. The highest BCUT2D eigenvalue weighted by Crippen LogP contribution is 2.64. The van der Waals surface area contributed by atoms with Crippen LogP contribution in [0, 0.1) is 11.8 Å². The molecule has 2 heteroatoms. The highest BCUT2D eigenvalue weighted by molar-refractivity contribution is 7.07. The molecule has 1 fully saturated rings. The molecule has 0 saturated heterocycles. The quantitative estimate of drug-likeness (QED) is 0.867. The molecule has 1 aromatic heterocycles. The van der Waals surface area contributed by atoms with Crippen molar-refractivity contribution in [2.24, 2.45) is 11.8 Å². The van der Waals surface area contributed by atoms with Gasteiger partial charge in [-0.25, -0.2) is 0 Å². The van der Waals surface area contributed by atoms with Crippen molar-refractivity contribution in [1.29, 1.82) is 0 Å². The normalized spacial score (nSPS) is 30.4. The van der Waals surface area contributed by atoms with Crippen LogP contribution in [0.15, 0.2) is 41.1 Å². The van der Waals surface area contributed by atoms with Crippen molar-refractivity contribution in [2.75, 3.05) is 0 Å². The van der Waals surface area contributed by atoms with Crippen LogP contribution >= 0.6 is 11.3 Å². The van der Waals surface area contributed by atoms with E-state index >= 15 is 0 Å². The minimum Gasteiger partial charge on any atom is -0.388 e. The van der Waals surface area contributed by atoms with E-state index in [0.29, 0.717) is 17.8 Å². The van der Waals surface area contributed by atoms with Gasteiger partial charge in [0, 0.05) is 0 Å². The Kier molecular flexibility index (Phi) is 2.36. The number of aliphatic hydroxyl groups is 1. The Labute approximate surface area is 111 Å². The number of fused-ring (bicyclic) bond motifs is 3. The van der Waals surface area contributed by atoms with Crippen LogP contribution < -0.4 is 0 Å². The molecule has 2 aliphatic rings. The zero-order valence-corrected chi connectivity index (χ0v) is 10.9. The maximum absolute atomic E-state index is 10.5. The molecular formula is C16H16OS. The monoisotopic (exact) mass is 256 g/mol. The largest absolute Gasteiger partial charge is 0.388 e. The Morgan fingerprint density at radius 3 is 2.94 bits per heavy atom. The first-order valence-corrected chi connectivity index (χ1v) is 7.58. The summed E-state index contributed by atoms with van der Waals surface area (Å²) in [5, 5.41) is 14.7. The molecule has 1 saturated carbocycles. The van der Waals surface area contributed by atoms with E-state index in [1.165, 1.54) is 24.0 Å². The lowest BCUT2D eigenvalue weighted by Gasteiger charge is -2.13. The smallest absolute Gasteiger partial charge is 0.0835 e. The lowest BCUT2D eigenvalue weighted by atomic mass is 9.92. The van der Waals surface area contributed by atoms with Crippen molar-refractivity contribution in [3.05, 3.63) is 57.8 Å². The van der Waals surface area contributed by atoms with Gasteiger partial charge in [-0.3, -0.25) is 0 Å². The van der Waals surface area contributed by atoms with E-state index in [4.69, 9.17) is 0 Å². The van der Waals surface area contributed by atoms with Gasteiger partial charge >= 0.3 is 0 Å². The molecule has 92 valence electrons. The number of thiophene rings is 1. The SMILES string of the molecule is OC(c1ccsc1)C1C2CCc3ccccc3C21. The van der Waals surface area contributed by atoms with Crippen molar-refractivity contribution in [1.82, 2.24) is 0 Å². The van der Waals surface area contributed by atoms with E-state index in [9.17, 15) is 5.11 Å². The molecule has 0 radical (unpaired) electrons. The van der Waals surface area contributed by atoms with Crippen LogP contribution in [0.1, 0.15) is 35.1 Å². The van der Waals surface area contributed by atoms with Crippen LogP contribution in [0.4, 0.5) is 0 Å². The first kappa shape index (κ1) is 10.8. The van der Waals surface area contributed by atoms with Gasteiger partial charge in [-0.2, -0.15) is 11.3 Å². The molecule has 2 aliphatic carbocycles. The topological polar surface area (TPSA) is 20.2 Å². The van der Waals surface area contributed by atoms with Gasteiger partial charge in [0.15, 0.2) is 0 Å².